The van der Waals surface area contributed by atoms with E-state index in [1.165, 1.54) is 12.1 Å². The molecule has 144 valence electrons. The molecule has 2 aromatic rings. The fourth-order valence-electron chi connectivity index (χ4n) is 3.18. The SMILES string of the molecule is CC(C)Cc1cc(C(=O)N[C@H]2CC(=O)N(CCc3ccc(F)cc3)C2)no1. The lowest BCUT2D eigenvalue weighted by atomic mass is 10.1. The average Bonchev–Trinajstić information content (AvgIpc) is 3.20. The van der Waals surface area contributed by atoms with Crippen LogP contribution in [0.25, 0.3) is 0 Å². The number of amides is 2. The third kappa shape index (κ3) is 5.15. The Labute approximate surface area is 157 Å². The van der Waals surface area contributed by atoms with Crippen molar-refractivity contribution in [1.82, 2.24) is 15.4 Å². The van der Waals surface area contributed by atoms with Crippen LogP contribution in [-0.4, -0.2) is 41.0 Å². The van der Waals surface area contributed by atoms with Gasteiger partial charge in [0, 0.05) is 32.0 Å². The van der Waals surface area contributed by atoms with Gasteiger partial charge in [-0.15, -0.1) is 0 Å². The lowest BCUT2D eigenvalue weighted by Gasteiger charge is -2.17. The second kappa shape index (κ2) is 8.33. The van der Waals surface area contributed by atoms with Gasteiger partial charge in [-0.25, -0.2) is 4.39 Å². The first-order valence-electron chi connectivity index (χ1n) is 9.19. The molecule has 0 unspecified atom stereocenters. The van der Waals surface area contributed by atoms with Crippen molar-refractivity contribution in [3.63, 3.8) is 0 Å². The first-order chi connectivity index (χ1) is 12.9. The normalized spacial score (nSPS) is 17.0. The molecule has 1 aromatic heterocycles. The zero-order valence-electron chi connectivity index (χ0n) is 15.6. The van der Waals surface area contributed by atoms with Crippen LogP contribution in [0.2, 0.25) is 0 Å². The average molecular weight is 373 g/mol. The number of rotatable bonds is 7. The Morgan fingerprint density at radius 1 is 1.37 bits per heavy atom. The Kier molecular flexibility index (Phi) is 5.88. The fourth-order valence-corrected chi connectivity index (χ4v) is 3.18. The van der Waals surface area contributed by atoms with Crippen LogP contribution in [0.15, 0.2) is 34.9 Å². The summed E-state index contributed by atoms with van der Waals surface area (Å²) in [7, 11) is 0. The van der Waals surface area contributed by atoms with E-state index in [4.69, 9.17) is 4.52 Å². The molecular formula is C20H24FN3O3. The third-order valence-electron chi connectivity index (χ3n) is 4.53. The summed E-state index contributed by atoms with van der Waals surface area (Å²) < 4.78 is 18.1. The maximum absolute atomic E-state index is 12.9. The Balaban J connectivity index is 1.50. The highest BCUT2D eigenvalue weighted by Gasteiger charge is 2.31. The molecule has 0 radical (unpaired) electrons. The summed E-state index contributed by atoms with van der Waals surface area (Å²) in [6.45, 7) is 5.13. The van der Waals surface area contributed by atoms with Crippen LogP contribution in [0.1, 0.15) is 42.1 Å². The van der Waals surface area contributed by atoms with Crippen LogP contribution >= 0.6 is 0 Å². The van der Waals surface area contributed by atoms with Crippen LogP contribution in [0.3, 0.4) is 0 Å². The number of carbonyl (C=O) groups excluding carboxylic acids is 2. The van der Waals surface area contributed by atoms with Gasteiger partial charge < -0.3 is 14.7 Å². The molecular weight excluding hydrogens is 349 g/mol. The summed E-state index contributed by atoms with van der Waals surface area (Å²) in [6.07, 6.45) is 1.64. The zero-order valence-corrected chi connectivity index (χ0v) is 15.6. The van der Waals surface area contributed by atoms with Gasteiger partial charge >= 0.3 is 0 Å². The molecule has 6 nitrogen and oxygen atoms in total. The number of hydrogen-bond donors (Lipinski definition) is 1. The van der Waals surface area contributed by atoms with Gasteiger partial charge in [-0.1, -0.05) is 31.1 Å². The van der Waals surface area contributed by atoms with E-state index in [1.54, 1.807) is 23.1 Å². The van der Waals surface area contributed by atoms with Gasteiger partial charge in [-0.2, -0.15) is 0 Å². The summed E-state index contributed by atoms with van der Waals surface area (Å²) in [5, 5.41) is 6.67. The number of nitrogens with one attached hydrogen (secondary N) is 1. The van der Waals surface area contributed by atoms with E-state index >= 15 is 0 Å². The summed E-state index contributed by atoms with van der Waals surface area (Å²) in [6, 6.07) is 7.66. The van der Waals surface area contributed by atoms with E-state index in [2.05, 4.69) is 24.3 Å². The van der Waals surface area contributed by atoms with Crippen molar-refractivity contribution in [3.05, 3.63) is 53.2 Å². The molecule has 1 atom stereocenters. The molecule has 0 spiro atoms. The molecule has 1 saturated heterocycles. The topological polar surface area (TPSA) is 75.4 Å². The number of likely N-dealkylation sites (tertiary alicyclic amines) is 1. The molecule has 1 aliphatic heterocycles. The quantitative estimate of drug-likeness (QED) is 0.809. The van der Waals surface area contributed by atoms with Crippen molar-refractivity contribution in [1.29, 1.82) is 0 Å². The summed E-state index contributed by atoms with van der Waals surface area (Å²) in [5.41, 5.74) is 1.21. The van der Waals surface area contributed by atoms with Gasteiger partial charge in [0.2, 0.25) is 5.91 Å². The van der Waals surface area contributed by atoms with E-state index in [0.29, 0.717) is 31.2 Å². The fraction of sp³-hybridized carbons (Fsp3) is 0.450. The second-order valence-electron chi connectivity index (χ2n) is 7.37. The van der Waals surface area contributed by atoms with E-state index in [9.17, 15) is 14.0 Å². The monoisotopic (exact) mass is 373 g/mol. The van der Waals surface area contributed by atoms with E-state index in [1.807, 2.05) is 0 Å². The second-order valence-corrected chi connectivity index (χ2v) is 7.37. The van der Waals surface area contributed by atoms with Crippen LogP contribution < -0.4 is 5.32 Å². The van der Waals surface area contributed by atoms with Crippen LogP contribution in [-0.2, 0) is 17.6 Å². The number of halogens is 1. The molecule has 1 N–H and O–H groups in total. The molecule has 3 rings (SSSR count). The summed E-state index contributed by atoms with van der Waals surface area (Å²) in [5.74, 6) is 0.493. The predicted molar refractivity (Wildman–Crippen MR) is 97.6 cm³/mol. The smallest absolute Gasteiger partial charge is 0.273 e. The zero-order chi connectivity index (χ0) is 19.4. The standard InChI is InChI=1S/C20H24FN3O3/c1-13(2)9-17-11-18(23-27-17)20(26)22-16-10-19(25)24(12-16)8-7-14-3-5-15(21)6-4-14/h3-6,11,13,16H,7-10,12H2,1-2H3,(H,22,26)/t16-/m0/s1. The van der Waals surface area contributed by atoms with E-state index in [0.717, 1.165) is 12.0 Å². The lowest BCUT2D eigenvalue weighted by Crippen LogP contribution is -2.37. The predicted octanol–water partition coefficient (Wildman–Crippen LogP) is 2.59. The van der Waals surface area contributed by atoms with Crippen molar-refractivity contribution < 1.29 is 18.5 Å². The molecule has 2 amide bonds. The largest absolute Gasteiger partial charge is 0.361 e. The molecule has 0 saturated carbocycles. The number of hydrogen-bond acceptors (Lipinski definition) is 4. The highest BCUT2D eigenvalue weighted by atomic mass is 19.1. The molecule has 1 aromatic carbocycles. The molecule has 7 heteroatoms. The van der Waals surface area contributed by atoms with Gasteiger partial charge in [0.05, 0.1) is 6.04 Å². The van der Waals surface area contributed by atoms with Crippen molar-refractivity contribution >= 4 is 11.8 Å². The van der Waals surface area contributed by atoms with Crippen LogP contribution in [0.4, 0.5) is 4.39 Å². The van der Waals surface area contributed by atoms with Gasteiger partial charge in [0.25, 0.3) is 5.91 Å². The molecule has 0 bridgehead atoms. The molecule has 1 fully saturated rings. The minimum Gasteiger partial charge on any atom is -0.361 e. The van der Waals surface area contributed by atoms with Crippen molar-refractivity contribution in [2.75, 3.05) is 13.1 Å². The number of nitrogens with zero attached hydrogens (tertiary/aromatic N) is 2. The Hall–Kier alpha value is -2.70. The highest BCUT2D eigenvalue weighted by molar-refractivity contribution is 5.93. The maximum atomic E-state index is 12.9. The van der Waals surface area contributed by atoms with E-state index < -0.39 is 0 Å². The van der Waals surface area contributed by atoms with Gasteiger partial charge in [-0.3, -0.25) is 9.59 Å². The van der Waals surface area contributed by atoms with Crippen LogP contribution in [0, 0.1) is 11.7 Å². The number of carbonyl (C=O) groups is 2. The maximum Gasteiger partial charge on any atom is 0.273 e. The van der Waals surface area contributed by atoms with Gasteiger partial charge in [0.1, 0.15) is 11.6 Å². The summed E-state index contributed by atoms with van der Waals surface area (Å²) in [4.78, 5) is 26.2. The van der Waals surface area contributed by atoms with Crippen molar-refractivity contribution in [2.24, 2.45) is 5.92 Å². The van der Waals surface area contributed by atoms with Gasteiger partial charge in [-0.05, 0) is 30.0 Å². The first-order valence-corrected chi connectivity index (χ1v) is 9.19. The molecule has 27 heavy (non-hydrogen) atoms. The van der Waals surface area contributed by atoms with Crippen molar-refractivity contribution in [3.8, 4) is 0 Å². The molecule has 1 aliphatic rings. The minimum absolute atomic E-state index is 0.00283. The highest BCUT2D eigenvalue weighted by Crippen LogP contribution is 2.15. The Bertz CT molecular complexity index is 801. The Morgan fingerprint density at radius 3 is 2.81 bits per heavy atom. The number of aromatic nitrogens is 1. The Morgan fingerprint density at radius 2 is 2.11 bits per heavy atom. The van der Waals surface area contributed by atoms with E-state index in [-0.39, 0.29) is 35.8 Å². The summed E-state index contributed by atoms with van der Waals surface area (Å²) >= 11 is 0. The van der Waals surface area contributed by atoms with Gasteiger partial charge in [0.15, 0.2) is 5.69 Å². The molecule has 0 aliphatic carbocycles. The van der Waals surface area contributed by atoms with Crippen molar-refractivity contribution in [2.45, 2.75) is 39.2 Å². The first kappa shape index (κ1) is 19.1. The minimum atomic E-state index is -0.327. The third-order valence-corrected chi connectivity index (χ3v) is 4.53. The molecule has 2 heterocycles. The lowest BCUT2D eigenvalue weighted by molar-refractivity contribution is -0.127. The number of benzene rings is 1. The van der Waals surface area contributed by atoms with Crippen LogP contribution in [0.5, 0.6) is 0 Å².